The number of aromatic nitrogens is 3. The molecule has 2 aromatic heterocycles. The SMILES string of the molecule is COC1[C@H](O)[C@H](O)C(Oc2ccc3cc4[nH]c(=O)[nH]c4nc3c2)OC1(C)C. The van der Waals surface area contributed by atoms with E-state index in [1.54, 1.807) is 38.1 Å². The summed E-state index contributed by atoms with van der Waals surface area (Å²) in [5.41, 5.74) is 0.479. The van der Waals surface area contributed by atoms with Gasteiger partial charge in [-0.25, -0.2) is 9.78 Å². The number of rotatable bonds is 3. The zero-order chi connectivity index (χ0) is 19.3. The van der Waals surface area contributed by atoms with Crippen molar-refractivity contribution in [2.45, 2.75) is 44.1 Å². The number of aromatic amines is 2. The lowest BCUT2D eigenvalue weighted by Gasteiger charge is -2.46. The maximum Gasteiger partial charge on any atom is 0.325 e. The van der Waals surface area contributed by atoms with Crippen LogP contribution in [0.4, 0.5) is 0 Å². The first-order valence-corrected chi connectivity index (χ1v) is 8.55. The maximum atomic E-state index is 11.4. The molecule has 1 aromatic carbocycles. The average molecular weight is 375 g/mol. The van der Waals surface area contributed by atoms with Crippen LogP contribution < -0.4 is 10.4 Å². The highest BCUT2D eigenvalue weighted by atomic mass is 16.7. The molecule has 3 heterocycles. The summed E-state index contributed by atoms with van der Waals surface area (Å²) in [5.74, 6) is 0.412. The Bertz CT molecular complexity index is 1040. The standard InChI is InChI=1S/C18H21N3O6/c1-18(2)14(25-3)12(22)13(23)16(27-18)26-9-5-4-8-6-11-15(19-10(8)7-9)21-17(24)20-11/h4-7,12-14,16,22-23H,1-3H3,(H2,19,20,21,24)/t12-,13+,14?,16?/m1/s1. The van der Waals surface area contributed by atoms with Crippen molar-refractivity contribution in [1.82, 2.24) is 15.0 Å². The van der Waals surface area contributed by atoms with Gasteiger partial charge in [0.2, 0.25) is 6.29 Å². The third-order valence-electron chi connectivity index (χ3n) is 4.82. The molecule has 27 heavy (non-hydrogen) atoms. The Morgan fingerprint density at radius 3 is 2.70 bits per heavy atom. The van der Waals surface area contributed by atoms with Crippen LogP contribution in [0, 0.1) is 0 Å². The van der Waals surface area contributed by atoms with Gasteiger partial charge in [-0.3, -0.25) is 4.98 Å². The van der Waals surface area contributed by atoms with Gasteiger partial charge in [0.05, 0.1) is 16.6 Å². The number of hydrogen-bond donors (Lipinski definition) is 4. The third kappa shape index (κ3) is 3.08. The zero-order valence-electron chi connectivity index (χ0n) is 15.1. The third-order valence-corrected chi connectivity index (χ3v) is 4.82. The van der Waals surface area contributed by atoms with Crippen LogP contribution in [-0.2, 0) is 9.47 Å². The molecule has 0 saturated carbocycles. The molecule has 0 radical (unpaired) electrons. The van der Waals surface area contributed by atoms with Crippen molar-refractivity contribution < 1.29 is 24.4 Å². The van der Waals surface area contributed by atoms with E-state index in [4.69, 9.17) is 14.2 Å². The predicted molar refractivity (Wildman–Crippen MR) is 96.6 cm³/mol. The molecule has 1 aliphatic heterocycles. The number of hydrogen-bond acceptors (Lipinski definition) is 7. The molecule has 4 N–H and O–H groups in total. The Labute approximate surface area is 153 Å². The summed E-state index contributed by atoms with van der Waals surface area (Å²) in [6.45, 7) is 3.51. The van der Waals surface area contributed by atoms with E-state index in [0.717, 1.165) is 5.39 Å². The molecule has 9 heteroatoms. The Morgan fingerprint density at radius 1 is 1.19 bits per heavy atom. The van der Waals surface area contributed by atoms with Crippen LogP contribution in [-0.4, -0.2) is 62.5 Å². The van der Waals surface area contributed by atoms with Gasteiger partial charge >= 0.3 is 5.69 Å². The second-order valence-corrected chi connectivity index (χ2v) is 7.16. The van der Waals surface area contributed by atoms with E-state index in [0.29, 0.717) is 22.4 Å². The van der Waals surface area contributed by atoms with E-state index in [-0.39, 0.29) is 5.69 Å². The van der Waals surface area contributed by atoms with Crippen LogP contribution in [0.25, 0.3) is 22.1 Å². The van der Waals surface area contributed by atoms with Gasteiger partial charge in [-0.2, -0.15) is 0 Å². The summed E-state index contributed by atoms with van der Waals surface area (Å²) in [4.78, 5) is 21.1. The van der Waals surface area contributed by atoms with E-state index in [1.807, 2.05) is 0 Å². The molecular formula is C18H21N3O6. The number of nitrogens with one attached hydrogen (secondary N) is 2. The van der Waals surface area contributed by atoms with Gasteiger partial charge in [0, 0.05) is 18.6 Å². The minimum atomic E-state index is -1.28. The van der Waals surface area contributed by atoms with Gasteiger partial charge < -0.3 is 29.4 Å². The van der Waals surface area contributed by atoms with Gasteiger partial charge in [-0.05, 0) is 32.0 Å². The summed E-state index contributed by atoms with van der Waals surface area (Å²) in [6, 6.07) is 6.98. The van der Waals surface area contributed by atoms with E-state index in [1.165, 1.54) is 7.11 Å². The number of aliphatic hydroxyl groups is 2. The number of methoxy groups -OCH3 is 1. The van der Waals surface area contributed by atoms with Crippen LogP contribution in [0.15, 0.2) is 29.1 Å². The molecule has 1 fully saturated rings. The monoisotopic (exact) mass is 375 g/mol. The highest BCUT2D eigenvalue weighted by Gasteiger charge is 2.50. The quantitative estimate of drug-likeness (QED) is 0.529. The Kier molecular flexibility index (Phi) is 4.19. The number of ether oxygens (including phenoxy) is 3. The number of benzene rings is 1. The van der Waals surface area contributed by atoms with Crippen molar-refractivity contribution in [3.8, 4) is 5.75 Å². The molecule has 1 aliphatic rings. The van der Waals surface area contributed by atoms with Gasteiger partial charge in [0.1, 0.15) is 24.1 Å². The van der Waals surface area contributed by atoms with Crippen LogP contribution in [0.1, 0.15) is 13.8 Å². The normalized spacial score (nSPS) is 27.9. The molecule has 3 aromatic rings. The first-order chi connectivity index (χ1) is 12.8. The summed E-state index contributed by atoms with van der Waals surface area (Å²) < 4.78 is 16.9. The highest BCUT2D eigenvalue weighted by molar-refractivity contribution is 5.89. The molecule has 0 bridgehead atoms. The van der Waals surface area contributed by atoms with Crippen LogP contribution in [0.5, 0.6) is 5.75 Å². The summed E-state index contributed by atoms with van der Waals surface area (Å²) >= 11 is 0. The average Bonchev–Trinajstić information content (AvgIpc) is 2.96. The summed E-state index contributed by atoms with van der Waals surface area (Å²) in [5, 5.41) is 21.5. The van der Waals surface area contributed by atoms with E-state index in [2.05, 4.69) is 15.0 Å². The Balaban J connectivity index is 1.64. The molecule has 0 aliphatic carbocycles. The molecule has 0 amide bonds. The predicted octanol–water partition coefficient (Wildman–Crippen LogP) is 0.655. The van der Waals surface area contributed by atoms with Crippen molar-refractivity contribution in [1.29, 1.82) is 0 Å². The minimum absolute atomic E-state index is 0.327. The maximum absolute atomic E-state index is 11.4. The number of fused-ring (bicyclic) bond motifs is 2. The lowest BCUT2D eigenvalue weighted by atomic mass is 9.89. The largest absolute Gasteiger partial charge is 0.462 e. The first-order valence-electron chi connectivity index (χ1n) is 8.55. The molecule has 2 unspecified atom stereocenters. The number of aliphatic hydroxyl groups excluding tert-OH is 2. The molecule has 1 saturated heterocycles. The van der Waals surface area contributed by atoms with Crippen LogP contribution in [0.3, 0.4) is 0 Å². The zero-order valence-corrected chi connectivity index (χ0v) is 15.1. The molecule has 144 valence electrons. The Hall–Kier alpha value is -2.46. The number of H-pyrrole nitrogens is 2. The highest BCUT2D eigenvalue weighted by Crippen LogP contribution is 2.33. The summed E-state index contributed by atoms with van der Waals surface area (Å²) in [7, 11) is 1.45. The number of nitrogens with zero attached hydrogens (tertiary/aromatic N) is 1. The molecule has 9 nitrogen and oxygen atoms in total. The lowest BCUT2D eigenvalue weighted by Crippen LogP contribution is -2.63. The van der Waals surface area contributed by atoms with E-state index in [9.17, 15) is 15.0 Å². The number of pyridine rings is 1. The van der Waals surface area contributed by atoms with Crippen LogP contribution >= 0.6 is 0 Å². The van der Waals surface area contributed by atoms with Gasteiger partial charge in [0.25, 0.3) is 0 Å². The van der Waals surface area contributed by atoms with Crippen molar-refractivity contribution in [3.05, 3.63) is 34.7 Å². The lowest BCUT2D eigenvalue weighted by molar-refractivity contribution is -0.305. The smallest absolute Gasteiger partial charge is 0.325 e. The van der Waals surface area contributed by atoms with Crippen molar-refractivity contribution in [2.24, 2.45) is 0 Å². The van der Waals surface area contributed by atoms with Crippen molar-refractivity contribution in [3.63, 3.8) is 0 Å². The van der Waals surface area contributed by atoms with Gasteiger partial charge in [0.15, 0.2) is 5.65 Å². The molecule has 4 rings (SSSR count). The fourth-order valence-corrected chi connectivity index (χ4v) is 3.51. The fraction of sp³-hybridized carbons (Fsp3) is 0.444. The van der Waals surface area contributed by atoms with E-state index >= 15 is 0 Å². The molecule has 0 spiro atoms. The number of imidazole rings is 1. The topological polar surface area (TPSA) is 130 Å². The fourth-order valence-electron chi connectivity index (χ4n) is 3.51. The Morgan fingerprint density at radius 2 is 1.96 bits per heavy atom. The van der Waals surface area contributed by atoms with E-state index < -0.39 is 30.2 Å². The second kappa shape index (κ2) is 6.31. The minimum Gasteiger partial charge on any atom is -0.462 e. The molecule has 4 atom stereocenters. The first kappa shape index (κ1) is 17.9. The summed E-state index contributed by atoms with van der Waals surface area (Å²) in [6.07, 6.45) is -4.21. The van der Waals surface area contributed by atoms with Crippen molar-refractivity contribution >= 4 is 22.1 Å². The van der Waals surface area contributed by atoms with Crippen LogP contribution in [0.2, 0.25) is 0 Å². The van der Waals surface area contributed by atoms with Gasteiger partial charge in [-0.1, -0.05) is 0 Å². The molecular weight excluding hydrogens is 354 g/mol. The van der Waals surface area contributed by atoms with Gasteiger partial charge in [-0.15, -0.1) is 0 Å². The van der Waals surface area contributed by atoms with Crippen molar-refractivity contribution in [2.75, 3.05) is 7.11 Å². The second-order valence-electron chi connectivity index (χ2n) is 7.16.